The average Bonchev–Trinajstić information content (AvgIpc) is 3.89. The molecule has 1 amide bonds. The summed E-state index contributed by atoms with van der Waals surface area (Å²) in [5.41, 5.74) is 2.54. The summed E-state index contributed by atoms with van der Waals surface area (Å²) in [7, 11) is 0.269. The maximum absolute atomic E-state index is 14.6. The van der Waals surface area contributed by atoms with Crippen molar-refractivity contribution in [3.8, 4) is 5.75 Å². The van der Waals surface area contributed by atoms with Crippen molar-refractivity contribution in [3.63, 3.8) is 0 Å². The smallest absolute Gasteiger partial charge is 0.394 e. The van der Waals surface area contributed by atoms with Crippen LogP contribution in [0.25, 0.3) is 10.9 Å². The number of aliphatic hydroxyl groups is 3. The fourth-order valence-electron chi connectivity index (χ4n) is 13.1. The summed E-state index contributed by atoms with van der Waals surface area (Å²) >= 11 is 0. The van der Waals surface area contributed by atoms with Gasteiger partial charge in [0.1, 0.15) is 17.8 Å². The highest BCUT2D eigenvalue weighted by molar-refractivity contribution is 7.79. The Morgan fingerprint density at radius 1 is 1.07 bits per heavy atom. The van der Waals surface area contributed by atoms with Gasteiger partial charge in [-0.2, -0.15) is 8.42 Å². The number of likely N-dealkylation sites (N-methyl/N-ethyl adjacent to an activating group) is 1. The zero-order valence-electron chi connectivity index (χ0n) is 35.2. The van der Waals surface area contributed by atoms with Gasteiger partial charge in [0.25, 0.3) is 5.91 Å². The van der Waals surface area contributed by atoms with Crippen LogP contribution in [0.3, 0.4) is 0 Å². The molecule has 6 heterocycles. The molecule has 6 aliphatic rings. The number of fused-ring (bicyclic) bond motifs is 6. The Bertz CT molecular complexity index is 2370. The van der Waals surface area contributed by atoms with Crippen LogP contribution in [0.2, 0.25) is 0 Å². The van der Waals surface area contributed by atoms with Crippen LogP contribution in [0, 0.1) is 11.3 Å². The maximum atomic E-state index is 14.6. The van der Waals surface area contributed by atoms with E-state index in [2.05, 4.69) is 32.3 Å². The van der Waals surface area contributed by atoms with Gasteiger partial charge in [0.05, 0.1) is 25.9 Å². The molecule has 9 rings (SSSR count). The number of aromatic nitrogens is 1. The first-order chi connectivity index (χ1) is 28.9. The number of carbonyl (C=O) groups excluding carboxylic acids is 2. The minimum atomic E-state index is -4.67. The van der Waals surface area contributed by atoms with E-state index in [0.29, 0.717) is 64.0 Å². The van der Waals surface area contributed by atoms with Crippen molar-refractivity contribution in [1.82, 2.24) is 20.2 Å². The molecule has 17 nitrogen and oxygen atoms in total. The highest BCUT2D eigenvalue weighted by atomic mass is 32.3. The van der Waals surface area contributed by atoms with Crippen LogP contribution in [0.4, 0.5) is 5.69 Å². The van der Waals surface area contributed by atoms with Gasteiger partial charge < -0.3 is 34.7 Å². The van der Waals surface area contributed by atoms with Crippen LogP contribution in [-0.2, 0) is 36.6 Å². The van der Waals surface area contributed by atoms with Crippen LogP contribution in [-0.4, -0.2) is 143 Å². The van der Waals surface area contributed by atoms with Crippen LogP contribution < -0.4 is 20.9 Å². The fourth-order valence-corrected chi connectivity index (χ4v) is 13.1. The zero-order chi connectivity index (χ0) is 44.0. The Balaban J connectivity index is 0.000000973. The number of aromatic amines is 1. The number of carbonyl (C=O) groups is 2. The molecule has 1 spiro atoms. The molecule has 5 aliphatic heterocycles. The lowest BCUT2D eigenvalue weighted by atomic mass is 9.47. The van der Waals surface area contributed by atoms with E-state index in [4.69, 9.17) is 32.8 Å². The second kappa shape index (κ2) is 15.3. The lowest BCUT2D eigenvalue weighted by Crippen LogP contribution is -2.82. The molecule has 11 atom stereocenters. The third-order valence-corrected chi connectivity index (χ3v) is 15.3. The van der Waals surface area contributed by atoms with Crippen LogP contribution >= 0.6 is 0 Å². The fraction of sp³-hybridized carbons (Fsp3) is 0.581. The molecule has 1 saturated carbocycles. The molecule has 1 aliphatic carbocycles. The highest BCUT2D eigenvalue weighted by Crippen LogP contribution is 2.67. The zero-order valence-corrected chi connectivity index (χ0v) is 36.0. The number of esters is 1. The third-order valence-electron chi connectivity index (χ3n) is 15.3. The monoisotopic (exact) mass is 866 g/mol. The predicted molar refractivity (Wildman–Crippen MR) is 225 cm³/mol. The van der Waals surface area contributed by atoms with E-state index in [0.717, 1.165) is 45.5 Å². The number of amides is 1. The molecule has 1 aromatic heterocycles. The molecular weight excluding hydrogens is 809 g/mol. The topological polar surface area (TPSA) is 251 Å². The number of nitrogens with two attached hydrogens (primary N) is 1. The Kier molecular flexibility index (Phi) is 10.9. The van der Waals surface area contributed by atoms with Crippen molar-refractivity contribution < 1.29 is 51.9 Å². The molecule has 332 valence electrons. The molecule has 2 bridgehead atoms. The highest BCUT2D eigenvalue weighted by Gasteiger charge is 2.78. The molecule has 0 radical (unpaired) electrons. The summed E-state index contributed by atoms with van der Waals surface area (Å²) in [4.78, 5) is 39.0. The number of nitrogens with zero attached hydrogens (tertiary/aromatic N) is 3. The largest absolute Gasteiger partial charge is 0.496 e. The van der Waals surface area contributed by atoms with Gasteiger partial charge in [-0.1, -0.05) is 44.2 Å². The molecule has 9 N–H and O–H groups in total. The Labute approximate surface area is 355 Å². The lowest BCUT2D eigenvalue weighted by molar-refractivity contribution is -0.203. The number of hydrogen-bond donors (Lipinski definition) is 8. The molecule has 3 aromatic rings. The van der Waals surface area contributed by atoms with Crippen LogP contribution in [0.1, 0.15) is 73.8 Å². The normalized spacial score (nSPS) is 36.2. The van der Waals surface area contributed by atoms with E-state index >= 15 is 0 Å². The molecule has 18 heteroatoms. The minimum absolute atomic E-state index is 0.185. The van der Waals surface area contributed by atoms with E-state index in [9.17, 15) is 24.9 Å². The minimum Gasteiger partial charge on any atom is -0.496 e. The number of nitrogens with one attached hydrogen (secondary N) is 2. The van der Waals surface area contributed by atoms with Gasteiger partial charge in [0.2, 0.25) is 0 Å². The molecule has 2 aromatic carbocycles. The first-order valence-corrected chi connectivity index (χ1v) is 22.4. The SMILES string of the molecule is CC[C@]1(O)C[C@H]2CN(CCc3c([nH]c4ccccc34)[C@H](C(=O)OC)[C@H]2c2cc3c(cc2OC)N(C)[C@H]2[C@@](O)(C(=O)NN)[C@H](O)[C@]4(CC)C=CCN5CC[C@]32[C@@H]54)C1.O=S(=O)(O)O. The van der Waals surface area contributed by atoms with Gasteiger partial charge >= 0.3 is 16.4 Å². The quantitative estimate of drug-likeness (QED) is 0.0439. The number of benzene rings is 2. The van der Waals surface area contributed by atoms with E-state index in [1.165, 1.54) is 7.11 Å². The first-order valence-electron chi connectivity index (χ1n) is 21.0. The van der Waals surface area contributed by atoms with Crippen molar-refractivity contribution in [2.75, 3.05) is 58.9 Å². The summed E-state index contributed by atoms with van der Waals surface area (Å²) in [6, 6.07) is 11.2. The second-order valence-electron chi connectivity index (χ2n) is 17.9. The average molecular weight is 867 g/mol. The molecular formula is C43H58N6O11S. The third kappa shape index (κ3) is 6.43. The van der Waals surface area contributed by atoms with Gasteiger partial charge in [-0.05, 0) is 73.4 Å². The van der Waals surface area contributed by atoms with E-state index < -0.39 is 62.3 Å². The lowest BCUT2D eigenvalue weighted by Gasteiger charge is -2.63. The Hall–Kier alpha value is -4.11. The summed E-state index contributed by atoms with van der Waals surface area (Å²) in [5.74, 6) is 3.73. The first kappa shape index (κ1) is 43.5. The number of para-hydroxylation sites is 1. The number of H-pyrrole nitrogens is 1. The van der Waals surface area contributed by atoms with Crippen LogP contribution in [0.15, 0.2) is 48.6 Å². The van der Waals surface area contributed by atoms with Crippen LogP contribution in [0.5, 0.6) is 5.75 Å². The number of methoxy groups -OCH3 is 2. The summed E-state index contributed by atoms with van der Waals surface area (Å²) in [5, 5.41) is 38.5. The number of hydrazine groups is 1. The predicted octanol–water partition coefficient (Wildman–Crippen LogP) is 1.78. The molecule has 2 saturated heterocycles. The number of aliphatic hydroxyl groups excluding tert-OH is 1. The number of piperidine rings is 1. The summed E-state index contributed by atoms with van der Waals surface area (Å²) in [6.07, 6.45) is 5.43. The molecule has 1 unspecified atom stereocenters. The van der Waals surface area contributed by atoms with Crippen molar-refractivity contribution in [2.24, 2.45) is 17.2 Å². The summed E-state index contributed by atoms with van der Waals surface area (Å²) < 4.78 is 43.6. The standard InChI is InChI=1S/C43H56N6O7.H2O4S/c1-6-40(53)21-24-22-48(23-40)17-13-26-25-11-8-9-12-29(25)45-34(26)33(35(50)56-5)32(24)27-19-28-30(20-31(27)55-4)47(3)37-42(28)15-18-49-16-10-14-41(7-2,36(42)49)38(51)43(37,54)39(52)46-44;1-5(2,3)4/h8-12,14,19-20,24,32-33,36-38,45,51,53-54H,6-7,13,15-18,21-23,44H2,1-5H3,(H,46,52);(H2,1,2,3,4)/t24-,32+,33+,36-,37+,38+,40-,41+,42+,43-;/m0./s1. The molecule has 3 fully saturated rings. The number of ether oxygens (including phenoxy) is 2. The summed E-state index contributed by atoms with van der Waals surface area (Å²) in [6.45, 7) is 7.33. The van der Waals surface area contributed by atoms with Crippen molar-refractivity contribution >= 4 is 38.9 Å². The molecule has 61 heavy (non-hydrogen) atoms. The number of anilines is 1. The van der Waals surface area contributed by atoms with E-state index in [1.807, 2.05) is 62.2 Å². The van der Waals surface area contributed by atoms with Gasteiger partial charge in [-0.25, -0.2) is 5.84 Å². The number of hydrogen-bond acceptors (Lipinski definition) is 13. The van der Waals surface area contributed by atoms with Gasteiger partial charge in [0.15, 0.2) is 5.60 Å². The van der Waals surface area contributed by atoms with Crippen molar-refractivity contribution in [1.29, 1.82) is 0 Å². The number of rotatable bonds is 6. The van der Waals surface area contributed by atoms with Gasteiger partial charge in [-0.15, -0.1) is 0 Å². The Morgan fingerprint density at radius 3 is 2.44 bits per heavy atom. The Morgan fingerprint density at radius 2 is 1.79 bits per heavy atom. The maximum Gasteiger partial charge on any atom is 0.394 e. The van der Waals surface area contributed by atoms with E-state index in [1.54, 1.807) is 7.11 Å². The van der Waals surface area contributed by atoms with E-state index in [-0.39, 0.29) is 17.9 Å². The second-order valence-corrected chi connectivity index (χ2v) is 18.8. The van der Waals surface area contributed by atoms with Gasteiger partial charge in [0, 0.05) is 84.4 Å². The van der Waals surface area contributed by atoms with Gasteiger partial charge in [-0.3, -0.25) is 33.9 Å². The van der Waals surface area contributed by atoms with Crippen molar-refractivity contribution in [2.45, 2.75) is 92.6 Å². The van der Waals surface area contributed by atoms with Crippen molar-refractivity contribution in [3.05, 3.63) is 70.9 Å².